The van der Waals surface area contributed by atoms with Crippen LogP contribution in [0.15, 0.2) is 60.7 Å². The number of carbonyl (C=O) groups excluding carboxylic acids is 2. The minimum absolute atomic E-state index is 0.0243. The number of hydrogen-bond acceptors (Lipinski definition) is 4. The lowest BCUT2D eigenvalue weighted by molar-refractivity contribution is -0.124. The zero-order valence-electron chi connectivity index (χ0n) is 18.3. The molecule has 0 aliphatic carbocycles. The van der Waals surface area contributed by atoms with Crippen LogP contribution in [-0.4, -0.2) is 43.6 Å². The molecule has 2 N–H and O–H groups in total. The fourth-order valence-corrected chi connectivity index (χ4v) is 3.17. The number of nitrogens with zero attached hydrogens (tertiary/aromatic N) is 1. The summed E-state index contributed by atoms with van der Waals surface area (Å²) in [7, 11) is 3.96. The first kappa shape index (κ1) is 23.4. The zero-order valence-corrected chi connectivity index (χ0v) is 18.3. The summed E-state index contributed by atoms with van der Waals surface area (Å²) in [6.45, 7) is 4.55. The molecule has 0 bridgehead atoms. The van der Waals surface area contributed by atoms with Crippen LogP contribution >= 0.6 is 0 Å². The molecule has 0 aliphatic rings. The monoisotopic (exact) mass is 411 g/mol. The first-order valence-corrected chi connectivity index (χ1v) is 10.4. The lowest BCUT2D eigenvalue weighted by atomic mass is 9.98. The van der Waals surface area contributed by atoms with Gasteiger partial charge in [-0.05, 0) is 31.1 Å². The van der Waals surface area contributed by atoms with Crippen LogP contribution in [-0.2, 0) is 16.1 Å². The third-order valence-corrected chi connectivity index (χ3v) is 5.26. The number of amides is 2. The summed E-state index contributed by atoms with van der Waals surface area (Å²) in [5.41, 5.74) is 2.02. The van der Waals surface area contributed by atoms with Crippen molar-refractivity contribution >= 4 is 12.0 Å². The summed E-state index contributed by atoms with van der Waals surface area (Å²) in [6.07, 6.45) is 0.166. The molecule has 0 aliphatic heterocycles. The van der Waals surface area contributed by atoms with Gasteiger partial charge in [-0.2, -0.15) is 0 Å². The number of rotatable bonds is 10. The average Bonchev–Trinajstić information content (AvgIpc) is 2.76. The smallest absolute Gasteiger partial charge is 0.408 e. The van der Waals surface area contributed by atoms with E-state index in [4.69, 9.17) is 4.74 Å². The van der Waals surface area contributed by atoms with Crippen molar-refractivity contribution in [2.24, 2.45) is 5.92 Å². The maximum absolute atomic E-state index is 12.9. The highest BCUT2D eigenvalue weighted by Crippen LogP contribution is 2.17. The Morgan fingerprint density at radius 2 is 1.60 bits per heavy atom. The second kappa shape index (κ2) is 12.0. The molecule has 30 heavy (non-hydrogen) atoms. The average molecular weight is 412 g/mol. The van der Waals surface area contributed by atoms with Gasteiger partial charge in [0, 0.05) is 6.54 Å². The summed E-state index contributed by atoms with van der Waals surface area (Å²) in [6, 6.07) is 18.9. The van der Waals surface area contributed by atoms with Crippen molar-refractivity contribution in [2.75, 3.05) is 20.6 Å². The van der Waals surface area contributed by atoms with Gasteiger partial charge in [0.2, 0.25) is 5.91 Å². The molecule has 2 amide bonds. The van der Waals surface area contributed by atoms with Crippen LogP contribution in [0.1, 0.15) is 37.4 Å². The molecule has 2 rings (SSSR count). The molecular weight excluding hydrogens is 378 g/mol. The fourth-order valence-electron chi connectivity index (χ4n) is 3.17. The van der Waals surface area contributed by atoms with Crippen LogP contribution in [0, 0.1) is 5.92 Å². The third kappa shape index (κ3) is 7.19. The highest BCUT2D eigenvalue weighted by molar-refractivity contribution is 5.85. The summed E-state index contributed by atoms with van der Waals surface area (Å²) in [5, 5.41) is 5.75. The highest BCUT2D eigenvalue weighted by atomic mass is 16.5. The van der Waals surface area contributed by atoms with E-state index in [0.29, 0.717) is 6.54 Å². The normalized spacial score (nSPS) is 13.9. The second-order valence-electron chi connectivity index (χ2n) is 7.70. The minimum atomic E-state index is -0.656. The maximum atomic E-state index is 12.9. The van der Waals surface area contributed by atoms with Gasteiger partial charge in [-0.3, -0.25) is 4.79 Å². The Labute approximate surface area is 179 Å². The molecular formula is C24H33N3O3. The Morgan fingerprint density at radius 3 is 2.17 bits per heavy atom. The number of benzene rings is 2. The van der Waals surface area contributed by atoms with E-state index in [-0.39, 0.29) is 24.5 Å². The molecule has 0 radical (unpaired) electrons. The van der Waals surface area contributed by atoms with Gasteiger partial charge >= 0.3 is 6.09 Å². The lowest BCUT2D eigenvalue weighted by Crippen LogP contribution is -2.51. The van der Waals surface area contributed by atoms with Gasteiger partial charge in [0.15, 0.2) is 0 Å². The van der Waals surface area contributed by atoms with Gasteiger partial charge in [-0.25, -0.2) is 4.79 Å². The summed E-state index contributed by atoms with van der Waals surface area (Å²) >= 11 is 0. The number of ether oxygens (including phenoxy) is 1. The summed E-state index contributed by atoms with van der Waals surface area (Å²) in [5.74, 6) is -0.229. The van der Waals surface area contributed by atoms with E-state index < -0.39 is 12.1 Å². The van der Waals surface area contributed by atoms with E-state index >= 15 is 0 Å². The molecule has 0 saturated heterocycles. The third-order valence-electron chi connectivity index (χ3n) is 5.26. The van der Waals surface area contributed by atoms with Crippen molar-refractivity contribution < 1.29 is 14.3 Å². The molecule has 6 heteroatoms. The number of alkyl carbamates (subject to hydrolysis) is 1. The maximum Gasteiger partial charge on any atom is 0.408 e. The topological polar surface area (TPSA) is 70.7 Å². The van der Waals surface area contributed by atoms with E-state index in [1.165, 1.54) is 0 Å². The quantitative estimate of drug-likeness (QED) is 0.625. The van der Waals surface area contributed by atoms with Crippen molar-refractivity contribution in [3.05, 3.63) is 71.8 Å². The first-order valence-electron chi connectivity index (χ1n) is 10.4. The molecule has 0 saturated carbocycles. The summed E-state index contributed by atoms with van der Waals surface area (Å²) < 4.78 is 5.30. The van der Waals surface area contributed by atoms with Gasteiger partial charge < -0.3 is 20.3 Å². The number of likely N-dealkylation sites (N-methyl/N-ethyl adjacent to an activating group) is 1. The van der Waals surface area contributed by atoms with Gasteiger partial charge in [-0.1, -0.05) is 80.9 Å². The van der Waals surface area contributed by atoms with Crippen molar-refractivity contribution in [1.29, 1.82) is 0 Å². The predicted octanol–water partition coefficient (Wildman–Crippen LogP) is 3.75. The molecule has 2 aromatic rings. The van der Waals surface area contributed by atoms with Crippen LogP contribution in [0.4, 0.5) is 4.79 Å². The largest absolute Gasteiger partial charge is 0.445 e. The molecule has 162 valence electrons. The van der Waals surface area contributed by atoms with E-state index in [0.717, 1.165) is 17.5 Å². The SMILES string of the molecule is CC[C@@H](C)[C@H](NC(=O)OCc1ccccc1)C(=O)NC[C@H](c1ccccc1)N(C)C. The molecule has 0 heterocycles. The van der Waals surface area contributed by atoms with Crippen LogP contribution in [0.5, 0.6) is 0 Å². The fraction of sp³-hybridized carbons (Fsp3) is 0.417. The molecule has 6 nitrogen and oxygen atoms in total. The van der Waals surface area contributed by atoms with Crippen molar-refractivity contribution in [2.45, 2.75) is 39.0 Å². The minimum Gasteiger partial charge on any atom is -0.445 e. The zero-order chi connectivity index (χ0) is 21.9. The Hall–Kier alpha value is -2.86. The van der Waals surface area contributed by atoms with Crippen LogP contribution in [0.3, 0.4) is 0 Å². The number of carbonyl (C=O) groups is 2. The van der Waals surface area contributed by atoms with Crippen LogP contribution in [0.25, 0.3) is 0 Å². The van der Waals surface area contributed by atoms with E-state index in [2.05, 4.69) is 15.5 Å². The molecule has 2 aromatic carbocycles. The molecule has 0 fully saturated rings. The predicted molar refractivity (Wildman–Crippen MR) is 119 cm³/mol. The molecule has 3 atom stereocenters. The van der Waals surface area contributed by atoms with Gasteiger partial charge in [0.1, 0.15) is 12.6 Å². The van der Waals surface area contributed by atoms with E-state index in [1.54, 1.807) is 0 Å². The highest BCUT2D eigenvalue weighted by Gasteiger charge is 2.27. The molecule has 0 spiro atoms. The van der Waals surface area contributed by atoms with Crippen LogP contribution in [0.2, 0.25) is 0 Å². The molecule has 0 unspecified atom stereocenters. The Bertz CT molecular complexity index is 781. The van der Waals surface area contributed by atoms with Crippen molar-refractivity contribution in [3.8, 4) is 0 Å². The standard InChI is InChI=1S/C24H33N3O3/c1-5-18(2)22(26-24(29)30-17-19-12-8-6-9-13-19)23(28)25-16-21(27(3)4)20-14-10-7-11-15-20/h6-15,18,21-22H,5,16-17H2,1-4H3,(H,25,28)(H,26,29)/t18-,21-,22+/m1/s1. The summed E-state index contributed by atoms with van der Waals surface area (Å²) in [4.78, 5) is 27.3. The van der Waals surface area contributed by atoms with Gasteiger partial charge in [0.05, 0.1) is 6.04 Å². The first-order chi connectivity index (χ1) is 14.4. The van der Waals surface area contributed by atoms with E-state index in [1.807, 2.05) is 88.6 Å². The Balaban J connectivity index is 1.96. The Morgan fingerprint density at radius 1 is 1.00 bits per heavy atom. The lowest BCUT2D eigenvalue weighted by Gasteiger charge is -2.28. The van der Waals surface area contributed by atoms with Gasteiger partial charge in [0.25, 0.3) is 0 Å². The van der Waals surface area contributed by atoms with Crippen LogP contribution < -0.4 is 10.6 Å². The number of nitrogens with one attached hydrogen (secondary N) is 2. The second-order valence-corrected chi connectivity index (χ2v) is 7.70. The van der Waals surface area contributed by atoms with E-state index in [9.17, 15) is 9.59 Å². The van der Waals surface area contributed by atoms with Crippen molar-refractivity contribution in [1.82, 2.24) is 15.5 Å². The molecule has 0 aromatic heterocycles. The van der Waals surface area contributed by atoms with Gasteiger partial charge in [-0.15, -0.1) is 0 Å². The van der Waals surface area contributed by atoms with Crippen molar-refractivity contribution in [3.63, 3.8) is 0 Å². The number of hydrogen-bond donors (Lipinski definition) is 2. The Kier molecular flexibility index (Phi) is 9.35.